The predicted molar refractivity (Wildman–Crippen MR) is 146 cm³/mol. The molecule has 12 nitrogen and oxygen atoms in total. The van der Waals surface area contributed by atoms with Crippen LogP contribution in [0.3, 0.4) is 0 Å². The molecule has 3 aliphatic heterocycles. The van der Waals surface area contributed by atoms with E-state index < -0.39 is 0 Å². The molecule has 38 heavy (non-hydrogen) atoms. The Labute approximate surface area is 221 Å². The molecule has 0 bridgehead atoms. The molecule has 0 radical (unpaired) electrons. The first-order chi connectivity index (χ1) is 18.4. The van der Waals surface area contributed by atoms with Crippen LogP contribution in [0.25, 0.3) is 0 Å². The summed E-state index contributed by atoms with van der Waals surface area (Å²) in [5, 5.41) is 3.19. The number of nitrogens with two attached hydrogens (primary N) is 3. The van der Waals surface area contributed by atoms with Gasteiger partial charge in [-0.25, -0.2) is 4.79 Å². The average molecular weight is 524 g/mol. The topological polar surface area (TPSA) is 170 Å². The molecular weight excluding hydrogens is 486 g/mol. The first kappa shape index (κ1) is 26.0. The third-order valence-corrected chi connectivity index (χ3v) is 7.47. The van der Waals surface area contributed by atoms with Gasteiger partial charge >= 0.3 is 5.69 Å². The summed E-state index contributed by atoms with van der Waals surface area (Å²) >= 11 is 0. The second kappa shape index (κ2) is 11.4. The quantitative estimate of drug-likeness (QED) is 0.211. The lowest BCUT2D eigenvalue weighted by molar-refractivity contribution is 0.0709. The van der Waals surface area contributed by atoms with Crippen molar-refractivity contribution >= 4 is 23.4 Å². The van der Waals surface area contributed by atoms with Gasteiger partial charge in [-0.1, -0.05) is 0 Å². The Morgan fingerprint density at radius 3 is 2.79 bits per heavy atom. The molecule has 2 aromatic rings. The zero-order valence-electron chi connectivity index (χ0n) is 21.6. The van der Waals surface area contributed by atoms with Gasteiger partial charge in [-0.05, 0) is 69.8 Å². The number of nitrogens with zero attached hydrogens (tertiary/aromatic N) is 5. The van der Waals surface area contributed by atoms with Crippen molar-refractivity contribution in [3.63, 3.8) is 0 Å². The van der Waals surface area contributed by atoms with Gasteiger partial charge < -0.3 is 37.1 Å². The standard InChI is InChI=1S/C26H37N9O3/c27-18-4-1-12-34(15-18)24(36)17-6-7-21-20(14-17)31-23-22(38-21)16-35(26(37)32-23)19-5-2-10-33(13-8-19)11-3-9-30-25(28)29/h6-7,14,16,18-19H,1-5,8-13,15,27H2,(H4,28,29,30)(H,31,32,37). The molecule has 2 atom stereocenters. The van der Waals surface area contributed by atoms with Gasteiger partial charge in [0.15, 0.2) is 23.3 Å². The first-order valence-electron chi connectivity index (χ1n) is 13.4. The minimum absolute atomic E-state index is 0.0116. The number of nitrogens with one attached hydrogen (secondary N) is 1. The Kier molecular flexibility index (Phi) is 7.79. The Balaban J connectivity index is 1.25. The number of ether oxygens (including phenoxy) is 1. The number of likely N-dealkylation sites (tertiary alicyclic amines) is 2. The van der Waals surface area contributed by atoms with E-state index in [4.69, 9.17) is 21.9 Å². The smallest absolute Gasteiger partial charge is 0.350 e. The minimum atomic E-state index is -0.316. The number of aromatic nitrogens is 2. The zero-order chi connectivity index (χ0) is 26.6. The Bertz CT molecular complexity index is 1260. The maximum Gasteiger partial charge on any atom is 0.350 e. The van der Waals surface area contributed by atoms with Crippen LogP contribution in [-0.4, -0.2) is 76.5 Å². The van der Waals surface area contributed by atoms with Crippen molar-refractivity contribution in [3.8, 4) is 11.5 Å². The molecule has 0 aliphatic carbocycles. The molecule has 2 fully saturated rings. The molecule has 2 saturated heterocycles. The van der Waals surface area contributed by atoms with Crippen molar-refractivity contribution in [3.05, 3.63) is 40.4 Å². The van der Waals surface area contributed by atoms with Gasteiger partial charge in [0.1, 0.15) is 0 Å². The fourth-order valence-electron chi connectivity index (χ4n) is 5.49. The van der Waals surface area contributed by atoms with Crippen LogP contribution in [0.1, 0.15) is 54.9 Å². The van der Waals surface area contributed by atoms with Crippen LogP contribution in [0.2, 0.25) is 0 Å². The maximum absolute atomic E-state index is 13.0. The van der Waals surface area contributed by atoms with Crippen LogP contribution in [-0.2, 0) is 0 Å². The lowest BCUT2D eigenvalue weighted by Crippen LogP contribution is -2.45. The van der Waals surface area contributed by atoms with Gasteiger partial charge in [-0.15, -0.1) is 0 Å². The average Bonchev–Trinajstić information content (AvgIpc) is 3.14. The molecule has 7 N–H and O–H groups in total. The van der Waals surface area contributed by atoms with E-state index in [9.17, 15) is 9.59 Å². The van der Waals surface area contributed by atoms with Gasteiger partial charge in [0.25, 0.3) is 5.91 Å². The SMILES string of the molecule is NC(N)=NCCCN1CCCC(n2cc3c(nc2=O)Nc2cc(C(=O)N4CCCC(N)C4)ccc2O3)CC1. The van der Waals surface area contributed by atoms with Crippen molar-refractivity contribution in [1.29, 1.82) is 0 Å². The van der Waals surface area contributed by atoms with Crippen molar-refractivity contribution < 1.29 is 9.53 Å². The Morgan fingerprint density at radius 1 is 1.13 bits per heavy atom. The summed E-state index contributed by atoms with van der Waals surface area (Å²) in [5.74, 6) is 1.51. The largest absolute Gasteiger partial charge is 0.450 e. The van der Waals surface area contributed by atoms with Gasteiger partial charge in [0.05, 0.1) is 11.9 Å². The molecule has 1 aromatic heterocycles. The third kappa shape index (κ3) is 5.91. The summed E-state index contributed by atoms with van der Waals surface area (Å²) in [4.78, 5) is 38.6. The summed E-state index contributed by atoms with van der Waals surface area (Å²) in [5.41, 5.74) is 17.7. The monoisotopic (exact) mass is 523 g/mol. The highest BCUT2D eigenvalue weighted by Crippen LogP contribution is 2.41. The van der Waals surface area contributed by atoms with E-state index in [2.05, 4.69) is 20.2 Å². The van der Waals surface area contributed by atoms with Crippen molar-refractivity contribution in [1.82, 2.24) is 19.4 Å². The number of benzene rings is 1. The fraction of sp³-hybridized carbons (Fsp3) is 0.538. The highest BCUT2D eigenvalue weighted by atomic mass is 16.5. The lowest BCUT2D eigenvalue weighted by atomic mass is 10.0. The molecule has 12 heteroatoms. The number of amides is 1. The number of hydrogen-bond acceptors (Lipinski definition) is 8. The van der Waals surface area contributed by atoms with Gasteiger partial charge in [-0.2, -0.15) is 4.98 Å². The maximum atomic E-state index is 13.0. The Morgan fingerprint density at radius 2 is 1.97 bits per heavy atom. The number of carbonyl (C=O) groups is 1. The molecule has 4 heterocycles. The van der Waals surface area contributed by atoms with Crippen LogP contribution in [0, 0.1) is 0 Å². The van der Waals surface area contributed by atoms with E-state index in [1.807, 2.05) is 0 Å². The molecule has 0 spiro atoms. The molecular formula is C26H37N9O3. The second-order valence-corrected chi connectivity index (χ2v) is 10.3. The number of aliphatic imine (C=N–C) groups is 1. The summed E-state index contributed by atoms with van der Waals surface area (Å²) in [7, 11) is 0. The lowest BCUT2D eigenvalue weighted by Gasteiger charge is -2.31. The van der Waals surface area contributed by atoms with Crippen LogP contribution < -0.4 is 32.9 Å². The predicted octanol–water partition coefficient (Wildman–Crippen LogP) is 1.35. The molecule has 0 saturated carbocycles. The van der Waals surface area contributed by atoms with Crippen molar-refractivity contribution in [2.24, 2.45) is 22.2 Å². The fourth-order valence-corrected chi connectivity index (χ4v) is 5.49. The van der Waals surface area contributed by atoms with E-state index in [0.29, 0.717) is 48.2 Å². The molecule has 1 amide bonds. The summed E-state index contributed by atoms with van der Waals surface area (Å²) < 4.78 is 7.83. The van der Waals surface area contributed by atoms with Crippen molar-refractivity contribution in [2.75, 3.05) is 44.6 Å². The third-order valence-electron chi connectivity index (χ3n) is 7.47. The van der Waals surface area contributed by atoms with Gasteiger partial charge in [-0.3, -0.25) is 14.4 Å². The zero-order valence-corrected chi connectivity index (χ0v) is 21.6. The summed E-state index contributed by atoms with van der Waals surface area (Å²) in [6.07, 6.45) is 7.20. The molecule has 204 valence electrons. The summed E-state index contributed by atoms with van der Waals surface area (Å²) in [6.45, 7) is 4.65. The highest BCUT2D eigenvalue weighted by molar-refractivity contribution is 5.96. The second-order valence-electron chi connectivity index (χ2n) is 10.3. The number of carbonyl (C=O) groups excluding carboxylic acids is 1. The number of piperidine rings is 1. The number of guanidine groups is 1. The number of anilines is 2. The van der Waals surface area contributed by atoms with Gasteiger partial charge in [0.2, 0.25) is 0 Å². The highest BCUT2D eigenvalue weighted by Gasteiger charge is 2.27. The van der Waals surface area contributed by atoms with E-state index >= 15 is 0 Å². The number of hydrogen-bond donors (Lipinski definition) is 4. The van der Waals surface area contributed by atoms with Crippen LogP contribution in [0.5, 0.6) is 11.5 Å². The Hall–Kier alpha value is -3.64. The normalized spacial score (nSPS) is 21.3. The van der Waals surface area contributed by atoms with Crippen LogP contribution in [0.15, 0.2) is 34.2 Å². The van der Waals surface area contributed by atoms with Crippen LogP contribution in [0.4, 0.5) is 11.5 Å². The van der Waals surface area contributed by atoms with E-state index in [1.54, 1.807) is 33.9 Å². The molecule has 1 aromatic carbocycles. The molecule has 2 unspecified atom stereocenters. The number of fused-ring (bicyclic) bond motifs is 2. The van der Waals surface area contributed by atoms with E-state index in [0.717, 1.165) is 58.2 Å². The minimum Gasteiger partial charge on any atom is -0.450 e. The van der Waals surface area contributed by atoms with E-state index in [1.165, 1.54) is 0 Å². The number of rotatable bonds is 6. The van der Waals surface area contributed by atoms with Crippen LogP contribution >= 0.6 is 0 Å². The van der Waals surface area contributed by atoms with Gasteiger partial charge in [0, 0.05) is 43.8 Å². The summed E-state index contributed by atoms with van der Waals surface area (Å²) in [6, 6.07) is 5.36. The van der Waals surface area contributed by atoms with E-state index in [-0.39, 0.29) is 29.6 Å². The van der Waals surface area contributed by atoms with Crippen molar-refractivity contribution in [2.45, 2.75) is 50.6 Å². The molecule has 5 rings (SSSR count). The first-order valence-corrected chi connectivity index (χ1v) is 13.4. The molecule has 3 aliphatic rings.